The Kier molecular flexibility index (Phi) is 2.85. The lowest BCUT2D eigenvalue weighted by Gasteiger charge is -2.40. The van der Waals surface area contributed by atoms with Gasteiger partial charge in [0.05, 0.1) is 17.9 Å². The van der Waals surface area contributed by atoms with Crippen molar-refractivity contribution >= 4 is 23.6 Å². The number of nitrogens with zero attached hydrogens (tertiary/aromatic N) is 1. The Morgan fingerprint density at radius 1 is 1.75 bits per heavy atom. The van der Waals surface area contributed by atoms with Crippen LogP contribution in [0.3, 0.4) is 0 Å². The van der Waals surface area contributed by atoms with Crippen molar-refractivity contribution in [1.82, 2.24) is 10.2 Å². The van der Waals surface area contributed by atoms with Crippen molar-refractivity contribution < 1.29 is 19.8 Å². The molecular weight excluding hydrogens is 232 g/mol. The Balaban J connectivity index is 2.16. The number of β-lactam (4-membered cyclic amide) rings is 1. The number of hydrogen-bond donors (Lipinski definition) is 3. The van der Waals surface area contributed by atoms with Gasteiger partial charge < -0.3 is 20.4 Å². The molecule has 6 nitrogen and oxygen atoms in total. The van der Waals surface area contributed by atoms with Crippen molar-refractivity contribution in [2.45, 2.75) is 10.1 Å². The third-order valence-corrected chi connectivity index (χ3v) is 4.80. The summed E-state index contributed by atoms with van der Waals surface area (Å²) in [5, 5.41) is 20.9. The summed E-state index contributed by atoms with van der Waals surface area (Å²) in [6.07, 6.45) is 0. The van der Waals surface area contributed by atoms with E-state index in [-0.39, 0.29) is 24.4 Å². The molecule has 2 aliphatic heterocycles. The lowest BCUT2D eigenvalue weighted by atomic mass is 9.97. The first-order valence-electron chi connectivity index (χ1n) is 5.03. The highest BCUT2D eigenvalue weighted by molar-refractivity contribution is 8.02. The van der Waals surface area contributed by atoms with E-state index in [0.29, 0.717) is 6.54 Å². The number of aliphatic carboxylic acids is 1. The molecule has 0 radical (unpaired) electrons. The van der Waals surface area contributed by atoms with Crippen LogP contribution >= 0.6 is 11.8 Å². The second-order valence-corrected chi connectivity index (χ2v) is 5.59. The van der Waals surface area contributed by atoms with Crippen molar-refractivity contribution in [2.75, 3.05) is 26.7 Å². The number of fused-ring (bicyclic) bond motifs is 1. The van der Waals surface area contributed by atoms with Crippen molar-refractivity contribution in [3.8, 4) is 0 Å². The Bertz CT molecular complexity index is 337. The SMILES string of the molecule is CNCC1(C(=O)O)CN2C(=O)[C@H](CO)[C@H]2S1. The molecule has 0 aromatic rings. The minimum atomic E-state index is -0.973. The Morgan fingerprint density at radius 2 is 2.44 bits per heavy atom. The van der Waals surface area contributed by atoms with E-state index in [1.807, 2.05) is 0 Å². The smallest absolute Gasteiger partial charge is 0.323 e. The topological polar surface area (TPSA) is 89.9 Å². The van der Waals surface area contributed by atoms with Crippen LogP contribution in [0.15, 0.2) is 0 Å². The molecule has 2 heterocycles. The molecule has 2 rings (SSSR count). The standard InChI is InChI=1S/C9H14N2O4S/c1-10-3-9(8(14)15)4-11-6(13)5(2-12)7(11)16-9/h5,7,10,12H,2-4H2,1H3,(H,14,15)/t5-,7+,9?/m0/s1. The highest BCUT2D eigenvalue weighted by atomic mass is 32.2. The molecule has 0 spiro atoms. The van der Waals surface area contributed by atoms with E-state index in [4.69, 9.17) is 5.11 Å². The summed E-state index contributed by atoms with van der Waals surface area (Å²) < 4.78 is -0.973. The lowest BCUT2D eigenvalue weighted by Crippen LogP contribution is -2.58. The normalized spacial score (nSPS) is 37.1. The number of hydrogen-bond acceptors (Lipinski definition) is 5. The molecule has 0 aliphatic carbocycles. The number of carbonyl (C=O) groups is 2. The molecule has 2 saturated heterocycles. The van der Waals surface area contributed by atoms with Crippen LogP contribution in [0.4, 0.5) is 0 Å². The van der Waals surface area contributed by atoms with Gasteiger partial charge in [0, 0.05) is 13.1 Å². The summed E-state index contributed by atoms with van der Waals surface area (Å²) in [5.74, 6) is -1.48. The van der Waals surface area contributed by atoms with Crippen molar-refractivity contribution in [1.29, 1.82) is 0 Å². The zero-order valence-electron chi connectivity index (χ0n) is 8.84. The Morgan fingerprint density at radius 3 is 2.94 bits per heavy atom. The molecule has 2 aliphatic rings. The van der Waals surface area contributed by atoms with Crippen LogP contribution in [-0.4, -0.2) is 63.9 Å². The van der Waals surface area contributed by atoms with Crippen LogP contribution in [0.5, 0.6) is 0 Å². The van der Waals surface area contributed by atoms with Gasteiger partial charge in [-0.05, 0) is 7.05 Å². The predicted octanol–water partition coefficient (Wildman–Crippen LogP) is -1.45. The fourth-order valence-corrected chi connectivity index (χ4v) is 3.87. The summed E-state index contributed by atoms with van der Waals surface area (Å²) in [4.78, 5) is 24.3. The second kappa shape index (κ2) is 3.90. The van der Waals surface area contributed by atoms with E-state index in [2.05, 4.69) is 5.32 Å². The highest BCUT2D eigenvalue weighted by Crippen LogP contribution is 2.49. The predicted molar refractivity (Wildman–Crippen MR) is 58.0 cm³/mol. The lowest BCUT2D eigenvalue weighted by molar-refractivity contribution is -0.152. The van der Waals surface area contributed by atoms with E-state index < -0.39 is 16.6 Å². The number of aliphatic hydroxyl groups excluding tert-OH is 1. The van der Waals surface area contributed by atoms with Gasteiger partial charge >= 0.3 is 5.97 Å². The van der Waals surface area contributed by atoms with Gasteiger partial charge in [-0.1, -0.05) is 0 Å². The van der Waals surface area contributed by atoms with Crippen molar-refractivity contribution in [2.24, 2.45) is 5.92 Å². The van der Waals surface area contributed by atoms with E-state index in [0.717, 1.165) is 0 Å². The van der Waals surface area contributed by atoms with Crippen molar-refractivity contribution in [3.05, 3.63) is 0 Å². The molecule has 0 aromatic heterocycles. The van der Waals surface area contributed by atoms with Gasteiger partial charge in [-0.25, -0.2) is 0 Å². The van der Waals surface area contributed by atoms with Crippen LogP contribution in [0.2, 0.25) is 0 Å². The zero-order chi connectivity index (χ0) is 11.9. The van der Waals surface area contributed by atoms with Gasteiger partial charge in [0.25, 0.3) is 0 Å². The number of carboxylic acids is 1. The largest absolute Gasteiger partial charge is 0.480 e. The molecule has 90 valence electrons. The maximum Gasteiger partial charge on any atom is 0.323 e. The minimum absolute atomic E-state index is 0.140. The number of carbonyl (C=O) groups excluding carboxylic acids is 1. The van der Waals surface area contributed by atoms with E-state index in [1.54, 1.807) is 7.05 Å². The fourth-order valence-electron chi connectivity index (χ4n) is 2.20. The van der Waals surface area contributed by atoms with Gasteiger partial charge in [0.15, 0.2) is 0 Å². The second-order valence-electron chi connectivity index (χ2n) is 4.09. The molecule has 3 N–H and O–H groups in total. The van der Waals surface area contributed by atoms with Gasteiger partial charge in [0.2, 0.25) is 5.91 Å². The first-order chi connectivity index (χ1) is 7.55. The van der Waals surface area contributed by atoms with Crippen LogP contribution < -0.4 is 5.32 Å². The molecule has 1 amide bonds. The summed E-state index contributed by atoms with van der Waals surface area (Å²) in [6.45, 7) is 0.321. The molecule has 1 unspecified atom stereocenters. The third-order valence-electron chi connectivity index (χ3n) is 3.07. The highest BCUT2D eigenvalue weighted by Gasteiger charge is 2.61. The number of amides is 1. The number of rotatable bonds is 4. The molecule has 0 bridgehead atoms. The molecule has 3 atom stereocenters. The molecule has 0 saturated carbocycles. The summed E-state index contributed by atoms with van der Waals surface area (Å²) in [7, 11) is 1.69. The molecule has 2 fully saturated rings. The van der Waals surface area contributed by atoms with Crippen molar-refractivity contribution in [3.63, 3.8) is 0 Å². The van der Waals surface area contributed by atoms with E-state index in [9.17, 15) is 14.7 Å². The quantitative estimate of drug-likeness (QED) is 0.526. The summed E-state index contributed by atoms with van der Waals surface area (Å²) >= 11 is 1.26. The van der Waals surface area contributed by atoms with Crippen LogP contribution in [0, 0.1) is 5.92 Å². The van der Waals surface area contributed by atoms with Crippen LogP contribution in [0.1, 0.15) is 0 Å². The average Bonchev–Trinajstić information content (AvgIpc) is 2.57. The third kappa shape index (κ3) is 1.42. The Labute approximate surface area is 97.0 Å². The summed E-state index contributed by atoms with van der Waals surface area (Å²) in [6, 6.07) is 0. The monoisotopic (exact) mass is 246 g/mol. The van der Waals surface area contributed by atoms with Crippen LogP contribution in [0.25, 0.3) is 0 Å². The molecular formula is C9H14N2O4S. The maximum atomic E-state index is 11.5. The molecule has 0 aromatic carbocycles. The number of nitrogens with one attached hydrogen (secondary N) is 1. The molecule has 16 heavy (non-hydrogen) atoms. The first-order valence-corrected chi connectivity index (χ1v) is 5.91. The van der Waals surface area contributed by atoms with Gasteiger partial charge in [-0.3, -0.25) is 9.59 Å². The van der Waals surface area contributed by atoms with E-state index in [1.165, 1.54) is 16.7 Å². The first kappa shape index (κ1) is 11.7. The average molecular weight is 246 g/mol. The van der Waals surface area contributed by atoms with E-state index >= 15 is 0 Å². The summed E-state index contributed by atoms with van der Waals surface area (Å²) in [5.41, 5.74) is 0. The number of aliphatic hydroxyl groups is 1. The van der Waals surface area contributed by atoms with Crippen LogP contribution in [-0.2, 0) is 9.59 Å². The van der Waals surface area contributed by atoms with Gasteiger partial charge in [0.1, 0.15) is 4.75 Å². The minimum Gasteiger partial charge on any atom is -0.480 e. The van der Waals surface area contributed by atoms with Gasteiger partial charge in [-0.2, -0.15) is 0 Å². The molecule has 7 heteroatoms. The fraction of sp³-hybridized carbons (Fsp3) is 0.778. The Hall–Kier alpha value is -0.790. The number of thioether (sulfide) groups is 1. The number of carboxylic acid groups (broad SMARTS) is 1. The van der Waals surface area contributed by atoms with Gasteiger partial charge in [-0.15, -0.1) is 11.8 Å². The maximum absolute atomic E-state index is 11.5. The zero-order valence-corrected chi connectivity index (χ0v) is 9.66.